The number of nitrogens with one attached hydrogen (secondary N) is 1. The van der Waals surface area contributed by atoms with E-state index in [1.54, 1.807) is 11.9 Å². The number of aromatic amines is 1. The fourth-order valence-corrected chi connectivity index (χ4v) is 2.61. The molecule has 0 radical (unpaired) electrons. The van der Waals surface area contributed by atoms with Crippen LogP contribution in [0.3, 0.4) is 0 Å². The molecule has 1 N–H and O–H groups in total. The van der Waals surface area contributed by atoms with E-state index in [-0.39, 0.29) is 5.69 Å². The van der Waals surface area contributed by atoms with Crippen molar-refractivity contribution in [2.75, 3.05) is 11.9 Å². The van der Waals surface area contributed by atoms with Crippen LogP contribution in [0.5, 0.6) is 0 Å². The molecule has 86 valence electrons. The van der Waals surface area contributed by atoms with Crippen LogP contribution in [0, 0.1) is 11.3 Å². The lowest BCUT2D eigenvalue weighted by Gasteiger charge is -2.15. The van der Waals surface area contributed by atoms with Gasteiger partial charge in [0.15, 0.2) is 0 Å². The summed E-state index contributed by atoms with van der Waals surface area (Å²) in [6.07, 6.45) is 0. The van der Waals surface area contributed by atoms with Gasteiger partial charge < -0.3 is 4.90 Å². The molecule has 5 nitrogen and oxygen atoms in total. The van der Waals surface area contributed by atoms with Gasteiger partial charge in [0.25, 0.3) is 0 Å². The van der Waals surface area contributed by atoms with Crippen molar-refractivity contribution in [3.63, 3.8) is 0 Å². The third-order valence-electron chi connectivity index (χ3n) is 2.08. The second kappa shape index (κ2) is 4.69. The van der Waals surface area contributed by atoms with Gasteiger partial charge in [0.1, 0.15) is 17.6 Å². The van der Waals surface area contributed by atoms with E-state index in [9.17, 15) is 4.79 Å². The summed E-state index contributed by atoms with van der Waals surface area (Å²) in [6.45, 7) is 0. The largest absolute Gasteiger partial charge is 0.347 e. The first-order valence-corrected chi connectivity index (χ1v) is 6.21. The molecule has 0 aliphatic rings. The molecule has 0 aliphatic heterocycles. The first-order chi connectivity index (χ1) is 8.10. The Hall–Kier alpha value is -1.65. The molecule has 2 rings (SSSR count). The Bertz CT molecular complexity index is 642. The number of thiophene rings is 1. The molecular formula is C10H7BrN4OS. The second-order valence-electron chi connectivity index (χ2n) is 3.21. The first kappa shape index (κ1) is 11.8. The molecule has 0 amide bonds. The molecule has 0 atom stereocenters. The zero-order valence-electron chi connectivity index (χ0n) is 8.77. The lowest BCUT2D eigenvalue weighted by Crippen LogP contribution is -2.18. The molecule has 0 bridgehead atoms. The van der Waals surface area contributed by atoms with Crippen LogP contribution in [-0.4, -0.2) is 17.0 Å². The Morgan fingerprint density at radius 1 is 1.59 bits per heavy atom. The topological polar surface area (TPSA) is 72.8 Å². The van der Waals surface area contributed by atoms with Crippen molar-refractivity contribution in [1.82, 2.24) is 9.97 Å². The fourth-order valence-electron chi connectivity index (χ4n) is 1.27. The Morgan fingerprint density at radius 3 is 2.94 bits per heavy atom. The van der Waals surface area contributed by atoms with Crippen LogP contribution in [0.15, 0.2) is 26.8 Å². The molecule has 0 aromatic carbocycles. The number of H-pyrrole nitrogens is 1. The van der Waals surface area contributed by atoms with E-state index in [1.165, 1.54) is 17.4 Å². The summed E-state index contributed by atoms with van der Waals surface area (Å²) in [7, 11) is 1.79. The number of anilines is 2. The van der Waals surface area contributed by atoms with Gasteiger partial charge in [-0.3, -0.25) is 4.98 Å². The summed E-state index contributed by atoms with van der Waals surface area (Å²) in [5.74, 6) is 0.444. The van der Waals surface area contributed by atoms with Gasteiger partial charge in [0.05, 0.1) is 8.79 Å². The quantitative estimate of drug-likeness (QED) is 0.923. The lowest BCUT2D eigenvalue weighted by atomic mass is 10.4. The van der Waals surface area contributed by atoms with E-state index < -0.39 is 5.69 Å². The summed E-state index contributed by atoms with van der Waals surface area (Å²) in [6, 6.07) is 7.25. The normalized spacial score (nSPS) is 9.94. The Balaban J connectivity index is 2.44. The average molecular weight is 311 g/mol. The number of nitriles is 1. The Kier molecular flexibility index (Phi) is 3.26. The van der Waals surface area contributed by atoms with Crippen LogP contribution in [0.25, 0.3) is 0 Å². The predicted molar refractivity (Wildman–Crippen MR) is 69.7 cm³/mol. The van der Waals surface area contributed by atoms with E-state index in [0.29, 0.717) is 5.82 Å². The fraction of sp³-hybridized carbons (Fsp3) is 0.100. The van der Waals surface area contributed by atoms with Crippen LogP contribution < -0.4 is 10.6 Å². The van der Waals surface area contributed by atoms with Crippen molar-refractivity contribution >= 4 is 38.1 Å². The van der Waals surface area contributed by atoms with E-state index in [2.05, 4.69) is 25.9 Å². The highest BCUT2D eigenvalue weighted by Crippen LogP contribution is 2.32. The zero-order valence-corrected chi connectivity index (χ0v) is 11.2. The van der Waals surface area contributed by atoms with Crippen molar-refractivity contribution in [2.45, 2.75) is 0 Å². The molecule has 7 heteroatoms. The summed E-state index contributed by atoms with van der Waals surface area (Å²) < 4.78 is 0.990. The number of aromatic nitrogens is 2. The average Bonchev–Trinajstić information content (AvgIpc) is 2.74. The minimum absolute atomic E-state index is 0.197. The monoisotopic (exact) mass is 310 g/mol. The van der Waals surface area contributed by atoms with Gasteiger partial charge in [0, 0.05) is 13.1 Å². The van der Waals surface area contributed by atoms with Crippen LogP contribution in [0.4, 0.5) is 10.8 Å². The van der Waals surface area contributed by atoms with Crippen LogP contribution in [0.2, 0.25) is 0 Å². The number of rotatable bonds is 2. The molecule has 2 aromatic heterocycles. The smallest absolute Gasteiger partial charge is 0.321 e. The van der Waals surface area contributed by atoms with Crippen LogP contribution >= 0.6 is 27.3 Å². The molecule has 0 saturated carbocycles. The van der Waals surface area contributed by atoms with Crippen LogP contribution in [-0.2, 0) is 0 Å². The van der Waals surface area contributed by atoms with Gasteiger partial charge >= 0.3 is 5.69 Å². The minimum Gasteiger partial charge on any atom is -0.321 e. The highest BCUT2D eigenvalue weighted by Gasteiger charge is 2.09. The molecule has 0 aliphatic carbocycles. The van der Waals surface area contributed by atoms with Crippen molar-refractivity contribution in [1.29, 1.82) is 5.26 Å². The molecular weight excluding hydrogens is 304 g/mol. The maximum Gasteiger partial charge on any atom is 0.347 e. The number of nitrogens with zero attached hydrogens (tertiary/aromatic N) is 3. The molecule has 0 unspecified atom stereocenters. The standard InChI is InChI=1S/C10H7BrN4OS/c1-15(9-3-2-7(11)17-9)8-4-6(5-12)13-10(16)14-8/h2-4H,1H3,(H,13,14,16). The number of hydrogen-bond acceptors (Lipinski definition) is 5. The first-order valence-electron chi connectivity index (χ1n) is 4.60. The maximum atomic E-state index is 11.3. The van der Waals surface area contributed by atoms with Crippen molar-refractivity contribution in [2.24, 2.45) is 0 Å². The van der Waals surface area contributed by atoms with E-state index in [1.807, 2.05) is 18.2 Å². The van der Waals surface area contributed by atoms with Gasteiger partial charge in [-0.25, -0.2) is 4.79 Å². The highest BCUT2D eigenvalue weighted by molar-refractivity contribution is 9.11. The third kappa shape index (κ3) is 2.54. The molecule has 0 saturated heterocycles. The van der Waals surface area contributed by atoms with Crippen molar-refractivity contribution in [3.05, 3.63) is 38.2 Å². The van der Waals surface area contributed by atoms with Crippen LogP contribution in [0.1, 0.15) is 5.69 Å². The number of hydrogen-bond donors (Lipinski definition) is 1. The van der Waals surface area contributed by atoms with Gasteiger partial charge in [-0.15, -0.1) is 11.3 Å². The molecule has 2 aromatic rings. The third-order valence-corrected chi connectivity index (χ3v) is 3.78. The predicted octanol–water partition coefficient (Wildman–Crippen LogP) is 2.23. The number of halogens is 1. The summed E-state index contributed by atoms with van der Waals surface area (Å²) >= 11 is 4.88. The second-order valence-corrected chi connectivity index (χ2v) is 5.65. The minimum atomic E-state index is -0.526. The van der Waals surface area contributed by atoms with E-state index >= 15 is 0 Å². The van der Waals surface area contributed by atoms with Crippen molar-refractivity contribution in [3.8, 4) is 6.07 Å². The molecule has 0 fully saturated rings. The zero-order chi connectivity index (χ0) is 12.4. The SMILES string of the molecule is CN(c1cc(C#N)[nH]c(=O)n1)c1ccc(Br)s1. The Morgan fingerprint density at radius 2 is 2.35 bits per heavy atom. The lowest BCUT2D eigenvalue weighted by molar-refractivity contribution is 1.02. The Labute approximate surface area is 109 Å². The van der Waals surface area contributed by atoms with Gasteiger partial charge in [-0.1, -0.05) is 0 Å². The van der Waals surface area contributed by atoms with E-state index in [0.717, 1.165) is 8.79 Å². The van der Waals surface area contributed by atoms with E-state index in [4.69, 9.17) is 5.26 Å². The van der Waals surface area contributed by atoms with Gasteiger partial charge in [0.2, 0.25) is 0 Å². The van der Waals surface area contributed by atoms with Gasteiger partial charge in [-0.2, -0.15) is 10.2 Å². The van der Waals surface area contributed by atoms with Gasteiger partial charge in [-0.05, 0) is 28.1 Å². The summed E-state index contributed by atoms with van der Waals surface area (Å²) in [5, 5.41) is 9.70. The molecule has 2 heterocycles. The highest BCUT2D eigenvalue weighted by atomic mass is 79.9. The molecule has 17 heavy (non-hydrogen) atoms. The summed E-state index contributed by atoms with van der Waals surface area (Å²) in [5.41, 5.74) is -0.330. The van der Waals surface area contributed by atoms with Crippen molar-refractivity contribution < 1.29 is 0 Å². The summed E-state index contributed by atoms with van der Waals surface area (Å²) in [4.78, 5) is 19.2. The maximum absolute atomic E-state index is 11.3. The molecule has 0 spiro atoms.